The van der Waals surface area contributed by atoms with Crippen LogP contribution in [0.1, 0.15) is 42.9 Å². The summed E-state index contributed by atoms with van der Waals surface area (Å²) in [5.41, 5.74) is 3.86. The molecular formula is C18H18N4O3. The van der Waals surface area contributed by atoms with Crippen molar-refractivity contribution < 1.29 is 4.92 Å². The van der Waals surface area contributed by atoms with Crippen molar-refractivity contribution in [3.8, 4) is 11.3 Å². The summed E-state index contributed by atoms with van der Waals surface area (Å²) < 4.78 is 1.50. The Balaban J connectivity index is 1.86. The quantitative estimate of drug-likeness (QED) is 0.583. The zero-order chi connectivity index (χ0) is 17.6. The Labute approximate surface area is 143 Å². The highest BCUT2D eigenvalue weighted by atomic mass is 16.6. The molecule has 0 radical (unpaired) electrons. The summed E-state index contributed by atoms with van der Waals surface area (Å²) in [5.74, 6) is 0.431. The smallest absolute Gasteiger partial charge is 0.273 e. The average molecular weight is 338 g/mol. The van der Waals surface area contributed by atoms with Crippen LogP contribution >= 0.6 is 0 Å². The van der Waals surface area contributed by atoms with E-state index in [0.717, 1.165) is 24.1 Å². The lowest BCUT2D eigenvalue weighted by Crippen LogP contribution is -2.14. The van der Waals surface area contributed by atoms with Crippen LogP contribution in [0.5, 0.6) is 0 Å². The van der Waals surface area contributed by atoms with Gasteiger partial charge in [0.1, 0.15) is 0 Å². The Hall–Kier alpha value is -2.96. The maximum Gasteiger partial charge on any atom is 0.273 e. The van der Waals surface area contributed by atoms with Crippen molar-refractivity contribution in [2.75, 3.05) is 0 Å². The summed E-state index contributed by atoms with van der Waals surface area (Å²) in [4.78, 5) is 27.6. The van der Waals surface area contributed by atoms with E-state index in [9.17, 15) is 14.9 Å². The van der Waals surface area contributed by atoms with Crippen LogP contribution in [0.4, 0.5) is 5.69 Å². The van der Waals surface area contributed by atoms with Crippen LogP contribution in [0.15, 0.2) is 35.1 Å². The summed E-state index contributed by atoms with van der Waals surface area (Å²) in [6.07, 6.45) is 4.64. The van der Waals surface area contributed by atoms with E-state index in [2.05, 4.69) is 5.10 Å². The van der Waals surface area contributed by atoms with E-state index in [0.29, 0.717) is 22.8 Å². The monoisotopic (exact) mass is 338 g/mol. The topological polar surface area (TPSA) is 93.3 Å². The van der Waals surface area contributed by atoms with Gasteiger partial charge in [0, 0.05) is 35.0 Å². The van der Waals surface area contributed by atoms with Crippen molar-refractivity contribution >= 4 is 11.3 Å². The first-order valence-corrected chi connectivity index (χ1v) is 8.41. The van der Waals surface area contributed by atoms with Crippen LogP contribution in [-0.2, 0) is 0 Å². The molecule has 0 saturated heterocycles. The number of aromatic nitrogens is 3. The van der Waals surface area contributed by atoms with Gasteiger partial charge in [-0.25, -0.2) is 9.50 Å². The fourth-order valence-corrected chi connectivity index (χ4v) is 3.77. The first-order valence-electron chi connectivity index (χ1n) is 8.41. The van der Waals surface area contributed by atoms with Gasteiger partial charge in [0.05, 0.1) is 10.6 Å². The fraction of sp³-hybridized carbons (Fsp3) is 0.333. The molecule has 1 saturated carbocycles. The zero-order valence-electron chi connectivity index (χ0n) is 13.9. The van der Waals surface area contributed by atoms with Crippen LogP contribution in [0.2, 0.25) is 0 Å². The predicted octanol–water partition coefficient (Wildman–Crippen LogP) is 3.56. The van der Waals surface area contributed by atoms with Crippen LogP contribution in [-0.4, -0.2) is 19.5 Å². The third kappa shape index (κ3) is 2.61. The average Bonchev–Trinajstić information content (AvgIpc) is 3.22. The molecule has 0 aliphatic heterocycles. The van der Waals surface area contributed by atoms with Gasteiger partial charge >= 0.3 is 0 Å². The van der Waals surface area contributed by atoms with Crippen molar-refractivity contribution in [3.63, 3.8) is 0 Å². The van der Waals surface area contributed by atoms with E-state index in [1.165, 1.54) is 35.6 Å². The minimum atomic E-state index is -0.441. The molecule has 3 aromatic rings. The third-order valence-electron chi connectivity index (χ3n) is 4.98. The highest BCUT2D eigenvalue weighted by Gasteiger charge is 2.24. The second-order valence-corrected chi connectivity index (χ2v) is 6.57. The number of rotatable bonds is 3. The van der Waals surface area contributed by atoms with Gasteiger partial charge in [-0.1, -0.05) is 12.8 Å². The highest BCUT2D eigenvalue weighted by molar-refractivity contribution is 5.65. The van der Waals surface area contributed by atoms with Crippen molar-refractivity contribution in [2.24, 2.45) is 0 Å². The molecule has 0 spiro atoms. The van der Waals surface area contributed by atoms with E-state index >= 15 is 0 Å². The Bertz CT molecular complexity index is 1010. The molecule has 2 aromatic heterocycles. The lowest BCUT2D eigenvalue weighted by atomic mass is 9.98. The number of hydrogen-bond acceptors (Lipinski definition) is 4. The maximum atomic E-state index is 12.5. The van der Waals surface area contributed by atoms with E-state index in [1.807, 2.05) is 6.92 Å². The SMILES string of the molecule is Cc1[nH]n2c(=O)cc(-c3ccc([N+](=O)[O-])cc3)nc2c1C1CCCC1. The van der Waals surface area contributed by atoms with Gasteiger partial charge in [-0.3, -0.25) is 20.0 Å². The van der Waals surface area contributed by atoms with Gasteiger partial charge in [-0.05, 0) is 37.8 Å². The van der Waals surface area contributed by atoms with Gasteiger partial charge < -0.3 is 0 Å². The lowest BCUT2D eigenvalue weighted by Gasteiger charge is -2.08. The van der Waals surface area contributed by atoms with E-state index in [4.69, 9.17) is 4.98 Å². The molecule has 0 atom stereocenters. The number of benzene rings is 1. The maximum absolute atomic E-state index is 12.5. The molecule has 1 aliphatic rings. The molecule has 4 rings (SSSR count). The number of nitrogens with zero attached hydrogens (tertiary/aromatic N) is 3. The first-order chi connectivity index (χ1) is 12.0. The molecule has 2 heterocycles. The largest absolute Gasteiger partial charge is 0.294 e. The number of hydrogen-bond donors (Lipinski definition) is 1. The molecule has 7 nitrogen and oxygen atoms in total. The van der Waals surface area contributed by atoms with Gasteiger partial charge in [0.2, 0.25) is 0 Å². The number of non-ortho nitro benzene ring substituents is 1. The van der Waals surface area contributed by atoms with Crippen LogP contribution < -0.4 is 5.56 Å². The fourth-order valence-electron chi connectivity index (χ4n) is 3.77. The first kappa shape index (κ1) is 15.6. The molecule has 1 aliphatic carbocycles. The van der Waals surface area contributed by atoms with E-state index < -0.39 is 4.92 Å². The Kier molecular flexibility index (Phi) is 3.63. The van der Waals surface area contributed by atoms with E-state index in [1.54, 1.807) is 12.1 Å². The molecule has 7 heteroatoms. The molecule has 0 bridgehead atoms. The third-order valence-corrected chi connectivity index (χ3v) is 4.98. The number of nitrogens with one attached hydrogen (secondary N) is 1. The Morgan fingerprint density at radius 3 is 2.56 bits per heavy atom. The molecule has 1 fully saturated rings. The molecule has 1 aromatic carbocycles. The molecule has 25 heavy (non-hydrogen) atoms. The molecular weight excluding hydrogens is 320 g/mol. The Morgan fingerprint density at radius 2 is 1.92 bits per heavy atom. The molecule has 1 N–H and O–H groups in total. The molecule has 0 amide bonds. The van der Waals surface area contributed by atoms with E-state index in [-0.39, 0.29) is 11.2 Å². The lowest BCUT2D eigenvalue weighted by molar-refractivity contribution is -0.384. The summed E-state index contributed by atoms with van der Waals surface area (Å²) in [5, 5.41) is 13.9. The molecule has 128 valence electrons. The van der Waals surface area contributed by atoms with Crippen LogP contribution in [0, 0.1) is 17.0 Å². The standard InChI is InChI=1S/C18H18N4O3/c1-11-17(13-4-2-3-5-13)18-19-15(10-16(23)21(18)20-11)12-6-8-14(9-7-12)22(24)25/h6-10,13,20H,2-5H2,1H3. The van der Waals surface area contributed by atoms with Crippen molar-refractivity contribution in [1.29, 1.82) is 0 Å². The number of H-pyrrole nitrogens is 1. The zero-order valence-corrected chi connectivity index (χ0v) is 13.9. The second-order valence-electron chi connectivity index (χ2n) is 6.57. The van der Waals surface area contributed by atoms with Gasteiger partial charge in [-0.2, -0.15) is 0 Å². The Morgan fingerprint density at radius 1 is 1.24 bits per heavy atom. The minimum absolute atomic E-state index is 0.0192. The number of nitro groups is 1. The number of nitro benzene ring substituents is 1. The van der Waals surface area contributed by atoms with Crippen molar-refractivity contribution in [3.05, 3.63) is 62.1 Å². The van der Waals surface area contributed by atoms with Gasteiger partial charge in [-0.15, -0.1) is 0 Å². The summed E-state index contributed by atoms with van der Waals surface area (Å²) in [6, 6.07) is 7.58. The highest BCUT2D eigenvalue weighted by Crippen LogP contribution is 2.37. The summed E-state index contributed by atoms with van der Waals surface area (Å²) in [6.45, 7) is 1.98. The number of aryl methyl sites for hydroxylation is 1. The second kappa shape index (κ2) is 5.84. The van der Waals surface area contributed by atoms with Crippen molar-refractivity contribution in [1.82, 2.24) is 14.6 Å². The molecule has 0 unspecified atom stereocenters. The van der Waals surface area contributed by atoms with Crippen LogP contribution in [0.25, 0.3) is 16.9 Å². The van der Waals surface area contributed by atoms with Crippen LogP contribution in [0.3, 0.4) is 0 Å². The van der Waals surface area contributed by atoms with Gasteiger partial charge in [0.25, 0.3) is 11.2 Å². The number of fused-ring (bicyclic) bond motifs is 1. The van der Waals surface area contributed by atoms with Crippen molar-refractivity contribution in [2.45, 2.75) is 38.5 Å². The summed E-state index contributed by atoms with van der Waals surface area (Å²) in [7, 11) is 0. The predicted molar refractivity (Wildman–Crippen MR) is 93.8 cm³/mol. The minimum Gasteiger partial charge on any atom is -0.294 e. The van der Waals surface area contributed by atoms with Gasteiger partial charge in [0.15, 0.2) is 5.65 Å². The summed E-state index contributed by atoms with van der Waals surface area (Å²) >= 11 is 0. The number of aromatic amines is 1. The normalized spacial score (nSPS) is 15.1.